The molecule has 0 N–H and O–H groups in total. The third-order valence-corrected chi connectivity index (χ3v) is 4.55. The second-order valence-electron chi connectivity index (χ2n) is 6.43. The average molecular weight is 382 g/mol. The van der Waals surface area contributed by atoms with Crippen molar-refractivity contribution >= 4 is 11.7 Å². The van der Waals surface area contributed by atoms with Crippen LogP contribution in [0.2, 0.25) is 0 Å². The first-order valence-electron chi connectivity index (χ1n) is 8.85. The number of anilines is 1. The van der Waals surface area contributed by atoms with Crippen LogP contribution in [0.1, 0.15) is 27.8 Å². The molecule has 3 aromatic rings. The number of carbonyl (C=O) groups excluding carboxylic acids is 1. The van der Waals surface area contributed by atoms with Gasteiger partial charge in [-0.3, -0.25) is 0 Å². The molecule has 0 bridgehead atoms. The van der Waals surface area contributed by atoms with Crippen molar-refractivity contribution in [3.8, 4) is 0 Å². The molecule has 4 rings (SSSR count). The average Bonchev–Trinajstić information content (AvgIpc) is 3.37. The molecule has 1 aliphatic rings. The summed E-state index contributed by atoms with van der Waals surface area (Å²) < 4.78 is 25.5. The van der Waals surface area contributed by atoms with Crippen LogP contribution >= 0.6 is 0 Å². The van der Waals surface area contributed by atoms with E-state index in [2.05, 4.69) is 10.3 Å². The molecule has 2 aromatic carbocycles. The summed E-state index contributed by atoms with van der Waals surface area (Å²) in [5.74, 6) is -0.657. The molecule has 1 aromatic heterocycles. The van der Waals surface area contributed by atoms with Gasteiger partial charge >= 0.3 is 5.97 Å². The van der Waals surface area contributed by atoms with E-state index >= 15 is 0 Å². The fourth-order valence-electron chi connectivity index (χ4n) is 3.22. The summed E-state index contributed by atoms with van der Waals surface area (Å²) in [6.45, 7) is 1.70. The lowest BCUT2D eigenvalue weighted by Gasteiger charge is -2.23. The lowest BCUT2D eigenvalue weighted by atomic mass is 10.1. The Bertz CT molecular complexity index is 974. The minimum Gasteiger partial charge on any atom is -0.465 e. The molecular weight excluding hydrogens is 363 g/mol. The van der Waals surface area contributed by atoms with Crippen molar-refractivity contribution in [1.82, 2.24) is 15.0 Å². The number of methoxy groups -OCH3 is 1. The van der Waals surface area contributed by atoms with Crippen LogP contribution in [0.5, 0.6) is 0 Å². The molecule has 144 valence electrons. The normalized spacial score (nSPS) is 16.4. The Morgan fingerprint density at radius 1 is 1.29 bits per heavy atom. The van der Waals surface area contributed by atoms with Gasteiger partial charge in [0.15, 0.2) is 6.23 Å². The van der Waals surface area contributed by atoms with Gasteiger partial charge in [0, 0.05) is 12.2 Å². The molecule has 7 nitrogen and oxygen atoms in total. The smallest absolute Gasteiger partial charge is 0.337 e. The first-order chi connectivity index (χ1) is 13.6. The van der Waals surface area contributed by atoms with E-state index in [1.54, 1.807) is 35.0 Å². The number of carbonyl (C=O) groups is 1. The standard InChI is InChI=1S/C20H19FN4O3/c1-27-20(26)15-4-2-3-14(11-15)12-24-13-18(22-23-24)19-25(9-10-28-19)17-7-5-16(21)6-8-17/h2-8,11,13,19H,9-10,12H2,1H3/t19-/m1/s1. The summed E-state index contributed by atoms with van der Waals surface area (Å²) in [5.41, 5.74) is 2.93. The first-order valence-corrected chi connectivity index (χ1v) is 8.85. The maximum atomic E-state index is 13.2. The van der Waals surface area contributed by atoms with Crippen molar-refractivity contribution in [3.05, 3.63) is 77.4 Å². The Labute approximate surface area is 161 Å². The number of rotatable bonds is 5. The van der Waals surface area contributed by atoms with Crippen LogP contribution in [0.15, 0.2) is 54.7 Å². The van der Waals surface area contributed by atoms with E-state index in [1.807, 2.05) is 17.2 Å². The summed E-state index contributed by atoms with van der Waals surface area (Å²) in [6, 6.07) is 13.5. The minimum absolute atomic E-state index is 0.277. The zero-order chi connectivity index (χ0) is 19.5. The highest BCUT2D eigenvalue weighted by Gasteiger charge is 2.29. The van der Waals surface area contributed by atoms with Gasteiger partial charge in [-0.15, -0.1) is 5.10 Å². The van der Waals surface area contributed by atoms with E-state index in [9.17, 15) is 9.18 Å². The van der Waals surface area contributed by atoms with Gasteiger partial charge < -0.3 is 14.4 Å². The number of benzene rings is 2. The van der Waals surface area contributed by atoms with Gasteiger partial charge in [-0.25, -0.2) is 13.9 Å². The van der Waals surface area contributed by atoms with Gasteiger partial charge in [0.05, 0.1) is 32.0 Å². The summed E-state index contributed by atoms with van der Waals surface area (Å²) in [7, 11) is 1.35. The summed E-state index contributed by atoms with van der Waals surface area (Å²) in [5, 5.41) is 8.42. The number of ether oxygens (including phenoxy) is 2. The fraction of sp³-hybridized carbons (Fsp3) is 0.250. The zero-order valence-electron chi connectivity index (χ0n) is 15.3. The molecule has 2 heterocycles. The summed E-state index contributed by atoms with van der Waals surface area (Å²) in [4.78, 5) is 13.7. The predicted molar refractivity (Wildman–Crippen MR) is 99.3 cm³/mol. The number of nitrogens with zero attached hydrogens (tertiary/aromatic N) is 4. The van der Waals surface area contributed by atoms with Crippen molar-refractivity contribution in [2.75, 3.05) is 25.2 Å². The topological polar surface area (TPSA) is 69.5 Å². The van der Waals surface area contributed by atoms with Gasteiger partial charge in [-0.05, 0) is 42.0 Å². The van der Waals surface area contributed by atoms with E-state index in [0.29, 0.717) is 31.0 Å². The molecule has 0 radical (unpaired) electrons. The molecule has 28 heavy (non-hydrogen) atoms. The van der Waals surface area contributed by atoms with E-state index in [0.717, 1.165) is 11.3 Å². The highest BCUT2D eigenvalue weighted by atomic mass is 19.1. The van der Waals surface area contributed by atoms with Crippen molar-refractivity contribution in [2.24, 2.45) is 0 Å². The highest BCUT2D eigenvalue weighted by molar-refractivity contribution is 5.89. The van der Waals surface area contributed by atoms with Crippen LogP contribution < -0.4 is 4.90 Å². The minimum atomic E-state index is -0.379. The summed E-state index contributed by atoms with van der Waals surface area (Å²) >= 11 is 0. The maximum absolute atomic E-state index is 13.2. The Hall–Kier alpha value is -3.26. The van der Waals surface area contributed by atoms with Crippen molar-refractivity contribution in [1.29, 1.82) is 0 Å². The molecule has 0 aliphatic carbocycles. The van der Waals surface area contributed by atoms with Gasteiger partial charge in [0.2, 0.25) is 0 Å². The van der Waals surface area contributed by atoms with Gasteiger partial charge in [0.25, 0.3) is 0 Å². The molecular formula is C20H19FN4O3. The third kappa shape index (κ3) is 3.72. The predicted octanol–water partition coefficient (Wildman–Crippen LogP) is 2.79. The molecule has 0 saturated carbocycles. The Morgan fingerprint density at radius 3 is 2.89 bits per heavy atom. The Balaban J connectivity index is 1.51. The maximum Gasteiger partial charge on any atom is 0.337 e. The third-order valence-electron chi connectivity index (χ3n) is 4.55. The fourth-order valence-corrected chi connectivity index (χ4v) is 3.22. The van der Waals surface area contributed by atoms with E-state index in [4.69, 9.17) is 9.47 Å². The highest BCUT2D eigenvalue weighted by Crippen LogP contribution is 2.31. The number of aromatic nitrogens is 3. The second-order valence-corrected chi connectivity index (χ2v) is 6.43. The monoisotopic (exact) mass is 382 g/mol. The molecule has 1 aliphatic heterocycles. The first kappa shape index (κ1) is 18.1. The van der Waals surface area contributed by atoms with Gasteiger partial charge in [-0.2, -0.15) is 0 Å². The molecule has 1 fully saturated rings. The van der Waals surface area contributed by atoms with Crippen LogP contribution in [0.25, 0.3) is 0 Å². The van der Waals surface area contributed by atoms with E-state index in [-0.39, 0.29) is 18.0 Å². The number of esters is 1. The molecule has 1 saturated heterocycles. The number of hydrogen-bond donors (Lipinski definition) is 0. The van der Waals surface area contributed by atoms with Crippen LogP contribution in [0.3, 0.4) is 0 Å². The van der Waals surface area contributed by atoms with Crippen LogP contribution in [0.4, 0.5) is 10.1 Å². The lowest BCUT2D eigenvalue weighted by molar-refractivity contribution is 0.0600. The molecule has 1 atom stereocenters. The van der Waals surface area contributed by atoms with Gasteiger partial charge in [0.1, 0.15) is 11.5 Å². The molecule has 0 amide bonds. The molecule has 0 unspecified atom stereocenters. The Kier molecular flexibility index (Phi) is 5.03. The Morgan fingerprint density at radius 2 is 2.11 bits per heavy atom. The second kappa shape index (κ2) is 7.77. The molecule has 0 spiro atoms. The van der Waals surface area contributed by atoms with Gasteiger partial charge in [-0.1, -0.05) is 17.3 Å². The lowest BCUT2D eigenvalue weighted by Crippen LogP contribution is -2.23. The SMILES string of the molecule is COC(=O)c1cccc(Cn2cc([C@H]3OCCN3c3ccc(F)cc3)nn2)c1. The summed E-state index contributed by atoms with van der Waals surface area (Å²) in [6.07, 6.45) is 1.44. The number of halogens is 1. The molecule has 8 heteroatoms. The van der Waals surface area contributed by atoms with Crippen LogP contribution in [0, 0.1) is 5.82 Å². The van der Waals surface area contributed by atoms with Crippen LogP contribution in [-0.2, 0) is 16.0 Å². The van der Waals surface area contributed by atoms with Crippen molar-refractivity contribution in [3.63, 3.8) is 0 Å². The van der Waals surface area contributed by atoms with E-state index in [1.165, 1.54) is 19.2 Å². The van der Waals surface area contributed by atoms with Crippen LogP contribution in [-0.4, -0.2) is 41.2 Å². The van der Waals surface area contributed by atoms with Crippen molar-refractivity contribution in [2.45, 2.75) is 12.8 Å². The number of hydrogen-bond acceptors (Lipinski definition) is 6. The van der Waals surface area contributed by atoms with E-state index < -0.39 is 0 Å². The van der Waals surface area contributed by atoms with Crippen molar-refractivity contribution < 1.29 is 18.7 Å². The quantitative estimate of drug-likeness (QED) is 0.632. The zero-order valence-corrected chi connectivity index (χ0v) is 15.3. The largest absolute Gasteiger partial charge is 0.465 e.